The molecule has 9 heteroatoms. The molecule has 26 heavy (non-hydrogen) atoms. The molecule has 4 aromatic rings. The van der Waals surface area contributed by atoms with Crippen molar-refractivity contribution in [1.29, 1.82) is 0 Å². The third-order valence-corrected chi connectivity index (χ3v) is 6.94. The van der Waals surface area contributed by atoms with Gasteiger partial charge in [0.1, 0.15) is 5.52 Å². The first-order chi connectivity index (χ1) is 12.4. The van der Waals surface area contributed by atoms with Crippen LogP contribution in [0.5, 0.6) is 0 Å². The number of rotatable bonds is 4. The van der Waals surface area contributed by atoms with Gasteiger partial charge >= 0.3 is 0 Å². The summed E-state index contributed by atoms with van der Waals surface area (Å²) < 4.78 is 27.6. The second-order valence-corrected chi connectivity index (χ2v) is 9.19. The summed E-state index contributed by atoms with van der Waals surface area (Å²) >= 11 is 1.08. The minimum absolute atomic E-state index is 0.0556. The maximum atomic E-state index is 13.0. The maximum absolute atomic E-state index is 13.0. The molecule has 0 atom stereocenters. The second kappa shape index (κ2) is 6.03. The maximum Gasteiger partial charge on any atom is 0.291 e. The number of sulfone groups is 1. The first kappa shape index (κ1) is 16.9. The zero-order chi connectivity index (χ0) is 18.5. The summed E-state index contributed by atoms with van der Waals surface area (Å²) in [4.78, 5) is 17.3. The largest absolute Gasteiger partial charge is 0.320 e. The number of hydrogen-bond donors (Lipinski definition) is 0. The van der Waals surface area contributed by atoms with Gasteiger partial charge in [-0.25, -0.2) is 18.1 Å². The number of aromatic nitrogens is 4. The average molecular weight is 388 g/mol. The van der Waals surface area contributed by atoms with Gasteiger partial charge in [-0.1, -0.05) is 30.3 Å². The number of fused-ring (bicyclic) bond motifs is 3. The van der Waals surface area contributed by atoms with E-state index in [-0.39, 0.29) is 9.90 Å². The summed E-state index contributed by atoms with van der Waals surface area (Å²) in [5.41, 5.74) is 1.80. The molecule has 0 spiro atoms. The van der Waals surface area contributed by atoms with Gasteiger partial charge in [0, 0.05) is 18.2 Å². The Bertz CT molecular complexity index is 1280. The summed E-state index contributed by atoms with van der Waals surface area (Å²) in [6.07, 6.45) is 2.76. The number of benzene rings is 1. The molecule has 0 unspecified atom stereocenters. The topological polar surface area (TPSA) is 86.8 Å². The van der Waals surface area contributed by atoms with E-state index in [1.54, 1.807) is 10.8 Å². The fraction of sp³-hybridized carbons (Fsp3) is 0.235. The zero-order valence-corrected chi connectivity index (χ0v) is 15.8. The van der Waals surface area contributed by atoms with Crippen molar-refractivity contribution >= 4 is 42.4 Å². The third kappa shape index (κ3) is 2.63. The van der Waals surface area contributed by atoms with Gasteiger partial charge in [-0.2, -0.15) is 5.10 Å². The molecular formula is C17H16N4O3S2. The Morgan fingerprint density at radius 2 is 1.92 bits per heavy atom. The van der Waals surface area contributed by atoms with Gasteiger partial charge in [-0.15, -0.1) is 11.3 Å². The smallest absolute Gasteiger partial charge is 0.291 e. The van der Waals surface area contributed by atoms with Crippen molar-refractivity contribution in [2.75, 3.05) is 6.26 Å². The molecule has 0 radical (unpaired) electrons. The molecule has 0 fully saturated rings. The van der Waals surface area contributed by atoms with Gasteiger partial charge in [-0.05, 0) is 12.5 Å². The summed E-state index contributed by atoms with van der Waals surface area (Å²) in [6.45, 7) is 2.79. The van der Waals surface area contributed by atoms with E-state index in [9.17, 15) is 13.2 Å². The van der Waals surface area contributed by atoms with Crippen molar-refractivity contribution in [2.45, 2.75) is 24.4 Å². The Balaban J connectivity index is 1.96. The SMILES string of the molecule is CCn1c2nc(S(C)(=O)=O)sc2c2cnn(Cc3ccccc3)c(=O)c21. The molecule has 0 saturated carbocycles. The van der Waals surface area contributed by atoms with E-state index < -0.39 is 9.84 Å². The van der Waals surface area contributed by atoms with Crippen LogP contribution >= 0.6 is 11.3 Å². The van der Waals surface area contributed by atoms with Crippen LogP contribution in [-0.4, -0.2) is 34.0 Å². The molecule has 0 aliphatic rings. The highest BCUT2D eigenvalue weighted by Gasteiger charge is 2.22. The molecule has 7 nitrogen and oxygen atoms in total. The van der Waals surface area contributed by atoms with Gasteiger partial charge in [-0.3, -0.25) is 4.79 Å². The number of nitrogens with zero attached hydrogens (tertiary/aromatic N) is 4. The van der Waals surface area contributed by atoms with Gasteiger partial charge in [0.15, 0.2) is 5.65 Å². The molecule has 0 aliphatic carbocycles. The van der Waals surface area contributed by atoms with Crippen molar-refractivity contribution in [1.82, 2.24) is 19.3 Å². The molecule has 0 amide bonds. The van der Waals surface area contributed by atoms with Crippen LogP contribution in [0.1, 0.15) is 12.5 Å². The van der Waals surface area contributed by atoms with E-state index in [0.29, 0.717) is 34.3 Å². The van der Waals surface area contributed by atoms with Crippen LogP contribution in [0.15, 0.2) is 45.7 Å². The molecule has 4 rings (SSSR count). The predicted octanol–water partition coefficient (Wildman–Crippen LogP) is 2.28. The first-order valence-corrected chi connectivity index (χ1v) is 10.7. The molecule has 0 bridgehead atoms. The lowest BCUT2D eigenvalue weighted by Crippen LogP contribution is -2.24. The molecule has 0 N–H and O–H groups in total. The highest BCUT2D eigenvalue weighted by atomic mass is 32.2. The predicted molar refractivity (Wildman–Crippen MR) is 101 cm³/mol. The van der Waals surface area contributed by atoms with Crippen molar-refractivity contribution in [3.05, 3.63) is 52.4 Å². The molecule has 3 aromatic heterocycles. The Morgan fingerprint density at radius 1 is 1.19 bits per heavy atom. The van der Waals surface area contributed by atoms with Crippen LogP contribution < -0.4 is 5.56 Å². The first-order valence-electron chi connectivity index (χ1n) is 8.03. The molecule has 3 heterocycles. The lowest BCUT2D eigenvalue weighted by Gasteiger charge is -2.06. The minimum Gasteiger partial charge on any atom is -0.320 e. The Kier molecular flexibility index (Phi) is 3.92. The van der Waals surface area contributed by atoms with Gasteiger partial charge in [0.25, 0.3) is 5.56 Å². The van der Waals surface area contributed by atoms with Gasteiger partial charge < -0.3 is 4.57 Å². The quantitative estimate of drug-likeness (QED) is 0.535. The van der Waals surface area contributed by atoms with Crippen LogP contribution in [0.2, 0.25) is 0 Å². The Morgan fingerprint density at radius 3 is 2.58 bits per heavy atom. The van der Waals surface area contributed by atoms with Crippen LogP contribution in [-0.2, 0) is 22.9 Å². The Labute approximate surface area is 153 Å². The molecule has 1 aromatic carbocycles. The third-order valence-electron chi connectivity index (χ3n) is 4.19. The number of aryl methyl sites for hydroxylation is 1. The summed E-state index contributed by atoms with van der Waals surface area (Å²) in [7, 11) is -3.40. The van der Waals surface area contributed by atoms with Crippen LogP contribution in [0, 0.1) is 0 Å². The number of thiazole rings is 1. The van der Waals surface area contributed by atoms with Crippen LogP contribution in [0.25, 0.3) is 21.3 Å². The van der Waals surface area contributed by atoms with Crippen molar-refractivity contribution < 1.29 is 8.42 Å². The monoisotopic (exact) mass is 388 g/mol. The molecule has 0 aliphatic heterocycles. The van der Waals surface area contributed by atoms with Crippen molar-refractivity contribution in [3.8, 4) is 0 Å². The van der Waals surface area contributed by atoms with Crippen LogP contribution in [0.3, 0.4) is 0 Å². The fourth-order valence-electron chi connectivity index (χ4n) is 3.00. The lowest BCUT2D eigenvalue weighted by atomic mass is 10.2. The van der Waals surface area contributed by atoms with Gasteiger partial charge in [0.05, 0.1) is 17.4 Å². The second-order valence-electron chi connectivity index (χ2n) is 6.00. The zero-order valence-electron chi connectivity index (χ0n) is 14.2. The highest BCUT2D eigenvalue weighted by molar-refractivity contribution is 7.92. The van der Waals surface area contributed by atoms with Crippen molar-refractivity contribution in [2.24, 2.45) is 0 Å². The van der Waals surface area contributed by atoms with Gasteiger partial charge in [0.2, 0.25) is 14.2 Å². The van der Waals surface area contributed by atoms with Crippen molar-refractivity contribution in [3.63, 3.8) is 0 Å². The Hall–Kier alpha value is -2.52. The molecule has 134 valence electrons. The van der Waals surface area contributed by atoms with E-state index in [2.05, 4.69) is 10.1 Å². The lowest BCUT2D eigenvalue weighted by molar-refractivity contribution is 0.601. The fourth-order valence-corrected chi connectivity index (χ4v) is 4.92. The molecule has 0 saturated heterocycles. The van der Waals surface area contributed by atoms with Crippen LogP contribution in [0.4, 0.5) is 0 Å². The van der Waals surface area contributed by atoms with E-state index in [0.717, 1.165) is 23.2 Å². The summed E-state index contributed by atoms with van der Waals surface area (Å²) in [6, 6.07) is 9.64. The number of hydrogen-bond acceptors (Lipinski definition) is 6. The highest BCUT2D eigenvalue weighted by Crippen LogP contribution is 2.33. The van der Waals surface area contributed by atoms with E-state index in [1.807, 2.05) is 37.3 Å². The van der Waals surface area contributed by atoms with E-state index >= 15 is 0 Å². The summed E-state index contributed by atoms with van der Waals surface area (Å²) in [5.74, 6) is 0. The summed E-state index contributed by atoms with van der Waals surface area (Å²) in [5, 5.41) is 4.93. The molecular weight excluding hydrogens is 372 g/mol. The normalized spacial score (nSPS) is 12.2. The average Bonchev–Trinajstić information content (AvgIpc) is 3.16. The minimum atomic E-state index is -3.40. The van der Waals surface area contributed by atoms with E-state index in [4.69, 9.17) is 0 Å². The van der Waals surface area contributed by atoms with E-state index in [1.165, 1.54) is 4.68 Å². The standard InChI is InChI=1S/C17H16N4O3S2/c1-3-20-13-12(14-15(20)19-17(25-14)26(2,23)24)9-18-21(16(13)22)10-11-7-5-4-6-8-11/h4-9H,3,10H2,1-2H3.